The standard InChI is InChI=1S/C16H26BrNO3/c1-7-18-12(10-16(2,3)21-6)11-8-9-13(19-4)14(17)15(11)20-5/h8-9,12,18H,7,10H2,1-6H3. The van der Waals surface area contributed by atoms with E-state index < -0.39 is 0 Å². The van der Waals surface area contributed by atoms with Gasteiger partial charge in [-0.1, -0.05) is 6.92 Å². The molecule has 0 aliphatic carbocycles. The molecule has 0 bridgehead atoms. The SMILES string of the molecule is CCNC(CC(C)(C)OC)c1ccc(OC)c(Br)c1OC. The molecular formula is C16H26BrNO3. The minimum absolute atomic E-state index is 0.141. The summed E-state index contributed by atoms with van der Waals surface area (Å²) in [5.74, 6) is 1.56. The average Bonchev–Trinajstić information content (AvgIpc) is 2.46. The first-order valence-electron chi connectivity index (χ1n) is 7.09. The molecule has 0 heterocycles. The van der Waals surface area contributed by atoms with Crippen molar-refractivity contribution in [3.05, 3.63) is 22.2 Å². The predicted molar refractivity (Wildman–Crippen MR) is 89.4 cm³/mol. The molecule has 0 fully saturated rings. The van der Waals surface area contributed by atoms with Crippen LogP contribution in [0, 0.1) is 0 Å². The number of halogens is 1. The van der Waals surface area contributed by atoms with Gasteiger partial charge in [0.15, 0.2) is 0 Å². The van der Waals surface area contributed by atoms with Crippen LogP contribution in [0.4, 0.5) is 0 Å². The lowest BCUT2D eigenvalue weighted by Gasteiger charge is -2.30. The van der Waals surface area contributed by atoms with Crippen molar-refractivity contribution >= 4 is 15.9 Å². The molecule has 0 radical (unpaired) electrons. The summed E-state index contributed by atoms with van der Waals surface area (Å²) in [5, 5.41) is 3.51. The number of methoxy groups -OCH3 is 3. The van der Waals surface area contributed by atoms with Gasteiger partial charge in [-0.15, -0.1) is 0 Å². The van der Waals surface area contributed by atoms with Gasteiger partial charge >= 0.3 is 0 Å². The van der Waals surface area contributed by atoms with E-state index in [0.29, 0.717) is 0 Å². The van der Waals surface area contributed by atoms with Crippen LogP contribution in [0.1, 0.15) is 38.8 Å². The zero-order valence-corrected chi connectivity index (χ0v) is 15.3. The Balaban J connectivity index is 3.22. The Bertz CT molecular complexity index is 463. The van der Waals surface area contributed by atoms with E-state index in [4.69, 9.17) is 14.2 Å². The van der Waals surface area contributed by atoms with E-state index in [1.165, 1.54) is 0 Å². The van der Waals surface area contributed by atoms with Gasteiger partial charge in [0.2, 0.25) is 0 Å². The average molecular weight is 360 g/mol. The maximum atomic E-state index is 5.59. The van der Waals surface area contributed by atoms with Gasteiger partial charge in [0.25, 0.3) is 0 Å². The normalized spacial score (nSPS) is 13.1. The molecule has 1 atom stereocenters. The number of ether oxygens (including phenoxy) is 3. The number of hydrogen-bond acceptors (Lipinski definition) is 4. The minimum Gasteiger partial charge on any atom is -0.495 e. The Hall–Kier alpha value is -0.780. The molecule has 4 nitrogen and oxygen atoms in total. The summed E-state index contributed by atoms with van der Waals surface area (Å²) >= 11 is 3.56. The lowest BCUT2D eigenvalue weighted by Crippen LogP contribution is -2.32. The van der Waals surface area contributed by atoms with Crippen LogP contribution in [0.25, 0.3) is 0 Å². The fraction of sp³-hybridized carbons (Fsp3) is 0.625. The van der Waals surface area contributed by atoms with Crippen molar-refractivity contribution in [3.63, 3.8) is 0 Å². The Morgan fingerprint density at radius 3 is 2.33 bits per heavy atom. The van der Waals surface area contributed by atoms with E-state index in [1.807, 2.05) is 12.1 Å². The third-order valence-corrected chi connectivity index (χ3v) is 4.34. The monoisotopic (exact) mass is 359 g/mol. The summed E-state index contributed by atoms with van der Waals surface area (Å²) in [4.78, 5) is 0. The van der Waals surface area contributed by atoms with Crippen molar-refractivity contribution in [3.8, 4) is 11.5 Å². The molecule has 120 valence electrons. The number of hydrogen-bond donors (Lipinski definition) is 1. The molecule has 1 N–H and O–H groups in total. The van der Waals surface area contributed by atoms with E-state index >= 15 is 0 Å². The van der Waals surface area contributed by atoms with Crippen LogP contribution >= 0.6 is 15.9 Å². The highest BCUT2D eigenvalue weighted by Gasteiger charge is 2.27. The third-order valence-electron chi connectivity index (χ3n) is 3.59. The summed E-state index contributed by atoms with van der Waals surface area (Å²) in [7, 11) is 5.06. The van der Waals surface area contributed by atoms with Crippen molar-refractivity contribution in [1.29, 1.82) is 0 Å². The molecule has 0 spiro atoms. The number of nitrogens with one attached hydrogen (secondary N) is 1. The van der Waals surface area contributed by atoms with Crippen molar-refractivity contribution in [2.24, 2.45) is 0 Å². The lowest BCUT2D eigenvalue weighted by atomic mass is 9.93. The Labute approximate surface area is 136 Å². The second-order valence-electron chi connectivity index (χ2n) is 5.48. The van der Waals surface area contributed by atoms with Crippen LogP contribution in [0.2, 0.25) is 0 Å². The molecule has 21 heavy (non-hydrogen) atoms. The molecule has 1 rings (SSSR count). The first-order chi connectivity index (χ1) is 9.90. The second kappa shape index (κ2) is 8.01. The molecule has 1 unspecified atom stereocenters. The molecule has 5 heteroatoms. The van der Waals surface area contributed by atoms with Crippen LogP contribution in [0.5, 0.6) is 11.5 Å². The molecule has 0 saturated heterocycles. The van der Waals surface area contributed by atoms with Gasteiger partial charge in [0, 0.05) is 18.7 Å². The summed E-state index contributed by atoms with van der Waals surface area (Å²) in [6.45, 7) is 7.14. The van der Waals surface area contributed by atoms with E-state index in [0.717, 1.165) is 34.5 Å². The summed E-state index contributed by atoms with van der Waals surface area (Å²) in [6, 6.07) is 4.13. The molecule has 0 aliphatic rings. The molecule has 0 aromatic heterocycles. The summed E-state index contributed by atoms with van der Waals surface area (Å²) in [5.41, 5.74) is 0.877. The fourth-order valence-corrected chi connectivity index (χ4v) is 2.99. The lowest BCUT2D eigenvalue weighted by molar-refractivity contribution is 0.00680. The quantitative estimate of drug-likeness (QED) is 0.763. The van der Waals surface area contributed by atoms with E-state index in [1.54, 1.807) is 21.3 Å². The van der Waals surface area contributed by atoms with Gasteiger partial charge in [-0.3, -0.25) is 0 Å². The Morgan fingerprint density at radius 2 is 1.86 bits per heavy atom. The van der Waals surface area contributed by atoms with Gasteiger partial charge in [-0.25, -0.2) is 0 Å². The van der Waals surface area contributed by atoms with E-state index in [-0.39, 0.29) is 11.6 Å². The number of rotatable bonds is 8. The highest BCUT2D eigenvalue weighted by Crippen LogP contribution is 2.41. The van der Waals surface area contributed by atoms with Gasteiger partial charge < -0.3 is 19.5 Å². The van der Waals surface area contributed by atoms with E-state index in [2.05, 4.69) is 42.0 Å². The molecule has 1 aromatic carbocycles. The van der Waals surface area contributed by atoms with Crippen molar-refractivity contribution in [1.82, 2.24) is 5.32 Å². The Kier molecular flexibility index (Phi) is 6.97. The molecule has 0 saturated carbocycles. The van der Waals surface area contributed by atoms with Crippen molar-refractivity contribution in [2.45, 2.75) is 38.8 Å². The molecule has 0 aliphatic heterocycles. The molecule has 1 aromatic rings. The predicted octanol–water partition coefficient (Wildman–Crippen LogP) is 3.93. The largest absolute Gasteiger partial charge is 0.495 e. The van der Waals surface area contributed by atoms with Crippen molar-refractivity contribution in [2.75, 3.05) is 27.9 Å². The minimum atomic E-state index is -0.218. The smallest absolute Gasteiger partial charge is 0.141 e. The third kappa shape index (κ3) is 4.59. The van der Waals surface area contributed by atoms with Crippen LogP contribution in [-0.4, -0.2) is 33.5 Å². The van der Waals surface area contributed by atoms with Crippen LogP contribution < -0.4 is 14.8 Å². The Morgan fingerprint density at radius 1 is 1.19 bits per heavy atom. The first kappa shape index (κ1) is 18.3. The second-order valence-corrected chi connectivity index (χ2v) is 6.28. The highest BCUT2D eigenvalue weighted by molar-refractivity contribution is 9.10. The zero-order valence-electron chi connectivity index (χ0n) is 13.7. The van der Waals surface area contributed by atoms with Gasteiger partial charge in [-0.2, -0.15) is 0 Å². The topological polar surface area (TPSA) is 39.7 Å². The van der Waals surface area contributed by atoms with Crippen LogP contribution in [0.15, 0.2) is 16.6 Å². The fourth-order valence-electron chi connectivity index (χ4n) is 2.31. The molecule has 0 amide bonds. The van der Waals surface area contributed by atoms with Gasteiger partial charge in [0.1, 0.15) is 16.0 Å². The highest BCUT2D eigenvalue weighted by atomic mass is 79.9. The summed E-state index contributed by atoms with van der Waals surface area (Å²) in [6.07, 6.45) is 0.840. The van der Waals surface area contributed by atoms with Crippen molar-refractivity contribution < 1.29 is 14.2 Å². The maximum Gasteiger partial charge on any atom is 0.141 e. The van der Waals surface area contributed by atoms with Crippen LogP contribution in [-0.2, 0) is 4.74 Å². The summed E-state index contributed by atoms with van der Waals surface area (Å²) < 4.78 is 17.3. The first-order valence-corrected chi connectivity index (χ1v) is 7.88. The maximum absolute atomic E-state index is 5.59. The number of benzene rings is 1. The van der Waals surface area contributed by atoms with Gasteiger partial charge in [-0.05, 0) is 54.9 Å². The zero-order chi connectivity index (χ0) is 16.0. The molecular weight excluding hydrogens is 334 g/mol. The van der Waals surface area contributed by atoms with Crippen LogP contribution in [0.3, 0.4) is 0 Å². The van der Waals surface area contributed by atoms with Gasteiger partial charge in [0.05, 0.1) is 19.8 Å². The van der Waals surface area contributed by atoms with E-state index in [9.17, 15) is 0 Å².